The summed E-state index contributed by atoms with van der Waals surface area (Å²) in [7, 11) is 0. The van der Waals surface area contributed by atoms with E-state index in [0.29, 0.717) is 18.5 Å². The largest absolute Gasteiger partial charge is 0.460 e. The Bertz CT molecular complexity index is 779. The average molecular weight is 328 g/mol. The number of nitrogens with one attached hydrogen (secondary N) is 3. The highest BCUT2D eigenvalue weighted by Gasteiger charge is 2.49. The fourth-order valence-electron chi connectivity index (χ4n) is 3.65. The Kier molecular flexibility index (Phi) is 3.72. The zero-order valence-electron chi connectivity index (χ0n) is 13.3. The zero-order valence-corrected chi connectivity index (χ0v) is 13.3. The molecule has 1 atom stereocenters. The van der Waals surface area contributed by atoms with Crippen LogP contribution in [0.15, 0.2) is 24.4 Å². The lowest BCUT2D eigenvalue weighted by molar-refractivity contribution is -0.149. The predicted octanol–water partition coefficient (Wildman–Crippen LogP) is 0.978. The maximum absolute atomic E-state index is 12.3. The molecular weight excluding hydrogens is 308 g/mol. The number of H-pyrrole nitrogens is 1. The second kappa shape index (κ2) is 5.90. The van der Waals surface area contributed by atoms with Gasteiger partial charge in [-0.05, 0) is 38.1 Å². The molecule has 4 rings (SSSR count). The number of fused-ring (bicyclic) bond motifs is 1. The Hall–Kier alpha value is -2.41. The Morgan fingerprint density at radius 3 is 3.04 bits per heavy atom. The summed E-state index contributed by atoms with van der Waals surface area (Å²) in [5, 5.41) is 13.9. The Morgan fingerprint density at radius 1 is 1.38 bits per heavy atom. The minimum absolute atomic E-state index is 0.109. The van der Waals surface area contributed by atoms with Crippen molar-refractivity contribution in [3.8, 4) is 0 Å². The van der Waals surface area contributed by atoms with E-state index in [1.165, 1.54) is 0 Å². The number of carbonyl (C=O) groups excluding carboxylic acids is 2. The van der Waals surface area contributed by atoms with E-state index in [4.69, 9.17) is 4.74 Å². The standard InChI is InChI=1S/C17H20N4O3/c22-15(11-1-2-12-9-20-21-14(12)7-11)19-10-13-8-17(16(23)24-13)3-5-18-6-4-17/h1-2,7,9,13,18H,3-6,8,10H2,(H,19,22)(H,20,21). The zero-order chi connectivity index (χ0) is 16.6. The van der Waals surface area contributed by atoms with Gasteiger partial charge in [-0.15, -0.1) is 0 Å². The summed E-state index contributed by atoms with van der Waals surface area (Å²) >= 11 is 0. The number of carbonyl (C=O) groups is 2. The Labute approximate surface area is 139 Å². The molecule has 0 aliphatic carbocycles. The molecule has 24 heavy (non-hydrogen) atoms. The average Bonchev–Trinajstić information content (AvgIpc) is 3.18. The van der Waals surface area contributed by atoms with Gasteiger partial charge in [0, 0.05) is 17.4 Å². The second-order valence-electron chi connectivity index (χ2n) is 6.64. The summed E-state index contributed by atoms with van der Waals surface area (Å²) in [5.74, 6) is -0.282. The van der Waals surface area contributed by atoms with E-state index in [9.17, 15) is 9.59 Å². The van der Waals surface area contributed by atoms with Gasteiger partial charge in [-0.25, -0.2) is 0 Å². The van der Waals surface area contributed by atoms with Crippen molar-refractivity contribution < 1.29 is 14.3 Å². The number of amides is 1. The third-order valence-corrected chi connectivity index (χ3v) is 5.08. The van der Waals surface area contributed by atoms with Crippen molar-refractivity contribution in [3.63, 3.8) is 0 Å². The highest BCUT2D eigenvalue weighted by Crippen LogP contribution is 2.41. The van der Waals surface area contributed by atoms with Crippen molar-refractivity contribution in [1.29, 1.82) is 0 Å². The van der Waals surface area contributed by atoms with E-state index in [1.807, 2.05) is 6.07 Å². The number of cyclic esters (lactones) is 1. The molecule has 7 heteroatoms. The van der Waals surface area contributed by atoms with E-state index in [-0.39, 0.29) is 23.4 Å². The molecule has 2 fully saturated rings. The van der Waals surface area contributed by atoms with E-state index in [0.717, 1.165) is 36.8 Å². The number of esters is 1. The van der Waals surface area contributed by atoms with Crippen molar-refractivity contribution in [2.24, 2.45) is 5.41 Å². The van der Waals surface area contributed by atoms with Gasteiger partial charge in [0.15, 0.2) is 0 Å². The van der Waals surface area contributed by atoms with Crippen molar-refractivity contribution in [1.82, 2.24) is 20.8 Å². The summed E-state index contributed by atoms with van der Waals surface area (Å²) < 4.78 is 5.50. The molecule has 1 unspecified atom stereocenters. The molecule has 3 heterocycles. The summed E-state index contributed by atoms with van der Waals surface area (Å²) in [6, 6.07) is 5.39. The molecule has 1 amide bonds. The number of aromatic amines is 1. The van der Waals surface area contributed by atoms with Crippen molar-refractivity contribution >= 4 is 22.8 Å². The number of nitrogens with zero attached hydrogens (tertiary/aromatic N) is 1. The first-order valence-electron chi connectivity index (χ1n) is 8.29. The van der Waals surface area contributed by atoms with Crippen LogP contribution in [-0.2, 0) is 9.53 Å². The number of piperidine rings is 1. The number of benzene rings is 1. The van der Waals surface area contributed by atoms with E-state index in [1.54, 1.807) is 18.3 Å². The molecule has 2 aliphatic heterocycles. The monoisotopic (exact) mass is 328 g/mol. The Morgan fingerprint density at radius 2 is 2.21 bits per heavy atom. The molecule has 2 saturated heterocycles. The molecule has 2 aliphatic rings. The maximum atomic E-state index is 12.3. The number of hydrogen-bond donors (Lipinski definition) is 3. The molecule has 126 valence electrons. The van der Waals surface area contributed by atoms with Gasteiger partial charge >= 0.3 is 5.97 Å². The second-order valence-corrected chi connectivity index (χ2v) is 6.64. The van der Waals surface area contributed by atoms with E-state index >= 15 is 0 Å². The third-order valence-electron chi connectivity index (χ3n) is 5.08. The number of rotatable bonds is 3. The molecule has 3 N–H and O–H groups in total. The predicted molar refractivity (Wildman–Crippen MR) is 87.5 cm³/mol. The number of hydrogen-bond acceptors (Lipinski definition) is 5. The molecule has 0 radical (unpaired) electrons. The van der Waals surface area contributed by atoms with Gasteiger partial charge in [0.2, 0.25) is 0 Å². The topological polar surface area (TPSA) is 96.1 Å². The first kappa shape index (κ1) is 15.1. The molecule has 0 bridgehead atoms. The van der Waals surface area contributed by atoms with Crippen LogP contribution in [0.25, 0.3) is 10.9 Å². The molecule has 1 spiro atoms. The van der Waals surface area contributed by atoms with Crippen LogP contribution < -0.4 is 10.6 Å². The molecule has 7 nitrogen and oxygen atoms in total. The highest BCUT2D eigenvalue weighted by atomic mass is 16.6. The van der Waals surface area contributed by atoms with E-state index in [2.05, 4.69) is 20.8 Å². The first-order chi connectivity index (χ1) is 11.7. The molecule has 0 saturated carbocycles. The van der Waals surface area contributed by atoms with Gasteiger partial charge in [-0.3, -0.25) is 14.7 Å². The summed E-state index contributed by atoms with van der Waals surface area (Å²) in [5.41, 5.74) is 1.03. The lowest BCUT2D eigenvalue weighted by atomic mass is 9.76. The van der Waals surface area contributed by atoms with Gasteiger partial charge in [0.1, 0.15) is 6.10 Å². The summed E-state index contributed by atoms with van der Waals surface area (Å²) in [6.07, 6.45) is 3.79. The smallest absolute Gasteiger partial charge is 0.312 e. The van der Waals surface area contributed by atoms with E-state index < -0.39 is 0 Å². The van der Waals surface area contributed by atoms with Gasteiger partial charge < -0.3 is 15.4 Å². The van der Waals surface area contributed by atoms with Crippen LogP contribution in [0.5, 0.6) is 0 Å². The lowest BCUT2D eigenvalue weighted by Crippen LogP contribution is -2.39. The molecule has 1 aromatic carbocycles. The SMILES string of the molecule is O=C(NCC1CC2(CCNCC2)C(=O)O1)c1ccc2cn[nH]c2c1. The highest BCUT2D eigenvalue weighted by molar-refractivity contribution is 5.97. The lowest BCUT2D eigenvalue weighted by Gasteiger charge is -2.29. The minimum Gasteiger partial charge on any atom is -0.460 e. The number of ether oxygens (including phenoxy) is 1. The minimum atomic E-state index is -0.352. The van der Waals surface area contributed by atoms with Gasteiger partial charge in [0.05, 0.1) is 23.7 Å². The van der Waals surface area contributed by atoms with Crippen LogP contribution in [0, 0.1) is 5.41 Å². The molecular formula is C17H20N4O3. The fraction of sp³-hybridized carbons (Fsp3) is 0.471. The van der Waals surface area contributed by atoms with Crippen LogP contribution in [0.2, 0.25) is 0 Å². The van der Waals surface area contributed by atoms with Crippen LogP contribution in [0.4, 0.5) is 0 Å². The Balaban J connectivity index is 1.38. The summed E-state index contributed by atoms with van der Waals surface area (Å²) in [4.78, 5) is 24.5. The van der Waals surface area contributed by atoms with Gasteiger partial charge in [-0.1, -0.05) is 6.07 Å². The normalized spacial score (nSPS) is 22.7. The molecule has 1 aromatic heterocycles. The first-order valence-corrected chi connectivity index (χ1v) is 8.29. The van der Waals surface area contributed by atoms with Crippen LogP contribution in [0.1, 0.15) is 29.6 Å². The van der Waals surface area contributed by atoms with Crippen LogP contribution in [0.3, 0.4) is 0 Å². The summed E-state index contributed by atoms with van der Waals surface area (Å²) in [6.45, 7) is 2.04. The van der Waals surface area contributed by atoms with Crippen molar-refractivity contribution in [2.45, 2.75) is 25.4 Å². The molecule has 2 aromatic rings. The number of aromatic nitrogens is 2. The van der Waals surface area contributed by atoms with Crippen molar-refractivity contribution in [3.05, 3.63) is 30.0 Å². The quantitative estimate of drug-likeness (QED) is 0.730. The van der Waals surface area contributed by atoms with Crippen LogP contribution in [-0.4, -0.2) is 47.8 Å². The van der Waals surface area contributed by atoms with Gasteiger partial charge in [0.25, 0.3) is 5.91 Å². The van der Waals surface area contributed by atoms with Crippen LogP contribution >= 0.6 is 0 Å². The fourth-order valence-corrected chi connectivity index (χ4v) is 3.65. The van der Waals surface area contributed by atoms with Crippen molar-refractivity contribution in [2.75, 3.05) is 19.6 Å². The maximum Gasteiger partial charge on any atom is 0.312 e. The van der Waals surface area contributed by atoms with Gasteiger partial charge in [-0.2, -0.15) is 5.10 Å². The third kappa shape index (κ3) is 2.65.